The molecule has 0 N–H and O–H groups in total. The zero-order valence-electron chi connectivity index (χ0n) is 22.3. The molecule has 2 aromatic carbocycles. The zero-order chi connectivity index (χ0) is 25.8. The summed E-state index contributed by atoms with van der Waals surface area (Å²) in [6.45, 7) is 10.4. The van der Waals surface area contributed by atoms with Crippen LogP contribution in [-0.4, -0.2) is 24.3 Å². The lowest BCUT2D eigenvalue weighted by molar-refractivity contribution is -0.143. The second kappa shape index (κ2) is 14.4. The predicted molar refractivity (Wildman–Crippen MR) is 146 cm³/mol. The lowest BCUT2D eigenvalue weighted by atomic mass is 9.95. The number of carbonyl (C=O) groups is 2. The van der Waals surface area contributed by atoms with Crippen LogP contribution >= 0.6 is 7.14 Å². The van der Waals surface area contributed by atoms with Gasteiger partial charge in [-0.1, -0.05) is 88.3 Å². The van der Waals surface area contributed by atoms with Crippen LogP contribution in [0.15, 0.2) is 36.4 Å². The van der Waals surface area contributed by atoms with Gasteiger partial charge in [-0.3, -0.25) is 9.59 Å². The highest BCUT2D eigenvalue weighted by Crippen LogP contribution is 2.49. The third-order valence-electron chi connectivity index (χ3n) is 6.96. The highest BCUT2D eigenvalue weighted by Gasteiger charge is 2.37. The van der Waals surface area contributed by atoms with Crippen molar-refractivity contribution in [2.75, 3.05) is 12.8 Å². The van der Waals surface area contributed by atoms with Gasteiger partial charge in [0.05, 0.1) is 13.0 Å². The van der Waals surface area contributed by atoms with E-state index in [0.717, 1.165) is 41.5 Å². The molecular weight excluding hydrogens is 455 g/mol. The average Bonchev–Trinajstić information content (AvgIpc) is 2.85. The van der Waals surface area contributed by atoms with Crippen LogP contribution in [0.4, 0.5) is 0 Å². The molecule has 1 atom stereocenters. The normalized spacial score (nSPS) is 12.8. The minimum Gasteiger partial charge on any atom is -0.466 e. The molecule has 0 amide bonds. The van der Waals surface area contributed by atoms with Gasteiger partial charge >= 0.3 is 5.97 Å². The first-order chi connectivity index (χ1) is 16.7. The minimum absolute atomic E-state index is 0.0160. The smallest absolute Gasteiger partial charge is 0.306 e. The van der Waals surface area contributed by atoms with Crippen molar-refractivity contribution in [2.45, 2.75) is 92.4 Å². The quantitative estimate of drug-likeness (QED) is 0.143. The van der Waals surface area contributed by atoms with Crippen molar-refractivity contribution in [2.24, 2.45) is 0 Å². The van der Waals surface area contributed by atoms with Crippen LogP contribution in [0, 0.1) is 27.7 Å². The molecule has 5 heteroatoms. The highest BCUT2D eigenvalue weighted by atomic mass is 31.2. The van der Waals surface area contributed by atoms with Crippen molar-refractivity contribution >= 4 is 23.9 Å². The molecular formula is C30H43O4P. The van der Waals surface area contributed by atoms with Gasteiger partial charge in [-0.05, 0) is 56.4 Å². The Labute approximate surface area is 212 Å². The van der Waals surface area contributed by atoms with Crippen molar-refractivity contribution in [1.82, 2.24) is 0 Å². The fourth-order valence-electron chi connectivity index (χ4n) is 4.55. The van der Waals surface area contributed by atoms with Gasteiger partial charge < -0.3 is 9.30 Å². The maximum absolute atomic E-state index is 14.3. The number of hydrogen-bond donors (Lipinski definition) is 0. The van der Waals surface area contributed by atoms with Crippen molar-refractivity contribution < 1.29 is 18.9 Å². The number of esters is 1. The fraction of sp³-hybridized carbons (Fsp3) is 0.533. The molecule has 2 aromatic rings. The molecule has 0 heterocycles. The summed E-state index contributed by atoms with van der Waals surface area (Å²) >= 11 is 0. The van der Waals surface area contributed by atoms with E-state index in [4.69, 9.17) is 4.74 Å². The number of carbonyl (C=O) groups excluding carboxylic acids is 2. The summed E-state index contributed by atoms with van der Waals surface area (Å²) in [5, 5.41) is 0.498. The Hall–Kier alpha value is -2.19. The van der Waals surface area contributed by atoms with Crippen LogP contribution in [0.5, 0.6) is 0 Å². The Morgan fingerprint density at radius 1 is 0.800 bits per heavy atom. The van der Waals surface area contributed by atoms with Gasteiger partial charge in [0.25, 0.3) is 0 Å². The lowest BCUT2D eigenvalue weighted by Gasteiger charge is -2.21. The van der Waals surface area contributed by atoms with E-state index in [-0.39, 0.29) is 24.1 Å². The molecule has 0 fully saturated rings. The number of unbranched alkanes of at least 4 members (excludes halogenated alkanes) is 7. The van der Waals surface area contributed by atoms with Crippen molar-refractivity contribution in [3.8, 4) is 0 Å². The van der Waals surface area contributed by atoms with E-state index in [9.17, 15) is 14.2 Å². The molecule has 1 unspecified atom stereocenters. The van der Waals surface area contributed by atoms with Gasteiger partial charge in [-0.15, -0.1) is 0 Å². The second-order valence-electron chi connectivity index (χ2n) is 9.68. The first-order valence-corrected chi connectivity index (χ1v) is 15.0. The van der Waals surface area contributed by atoms with Crippen molar-refractivity contribution in [3.05, 3.63) is 64.2 Å². The first kappa shape index (κ1) is 29.0. The number of ether oxygens (including phenoxy) is 1. The predicted octanol–water partition coefficient (Wildman–Crippen LogP) is 7.82. The molecule has 35 heavy (non-hydrogen) atoms. The Balaban J connectivity index is 2.03. The van der Waals surface area contributed by atoms with E-state index in [1.54, 1.807) is 24.3 Å². The van der Waals surface area contributed by atoms with Crippen LogP contribution in [0.3, 0.4) is 0 Å². The number of hydrogen-bond acceptors (Lipinski definition) is 4. The molecule has 0 saturated heterocycles. The summed E-state index contributed by atoms with van der Waals surface area (Å²) in [4.78, 5) is 26.3. The summed E-state index contributed by atoms with van der Waals surface area (Å²) in [7, 11) is -3.53. The van der Waals surface area contributed by atoms with Gasteiger partial charge in [0, 0.05) is 17.0 Å². The van der Waals surface area contributed by atoms with Crippen LogP contribution in [0.2, 0.25) is 0 Å². The Bertz CT molecular complexity index is 1030. The van der Waals surface area contributed by atoms with Gasteiger partial charge in [0.15, 0.2) is 7.14 Å². The van der Waals surface area contributed by atoms with Crippen LogP contribution in [-0.2, 0) is 14.1 Å². The molecule has 2 rings (SSSR count). The first-order valence-electron chi connectivity index (χ1n) is 13.1. The van der Waals surface area contributed by atoms with Gasteiger partial charge in [0.2, 0.25) is 5.52 Å². The standard InChI is InChI=1S/C30H43O4P/c1-6-7-8-9-10-11-12-16-20-34-28(31)19-21-35(33,27-17-14-13-15-18-27)30(32)29-24(3)22-23(2)25(4)26(29)5/h13-15,17-18,22H,6-12,16,19-21H2,1-5H3. The summed E-state index contributed by atoms with van der Waals surface area (Å²) in [5.74, 6) is -0.384. The highest BCUT2D eigenvalue weighted by molar-refractivity contribution is 7.87. The number of rotatable bonds is 15. The van der Waals surface area contributed by atoms with E-state index >= 15 is 0 Å². The molecule has 0 aliphatic rings. The molecule has 0 radical (unpaired) electrons. The van der Waals surface area contributed by atoms with Crippen LogP contribution < -0.4 is 5.30 Å². The third-order valence-corrected chi connectivity index (χ3v) is 9.83. The molecule has 0 aliphatic carbocycles. The van der Waals surface area contributed by atoms with Crippen molar-refractivity contribution in [3.63, 3.8) is 0 Å². The Kier molecular flexibility index (Phi) is 11.9. The maximum atomic E-state index is 14.3. The van der Waals surface area contributed by atoms with Gasteiger partial charge in [0.1, 0.15) is 0 Å². The zero-order valence-corrected chi connectivity index (χ0v) is 23.2. The molecule has 0 aliphatic heterocycles. The molecule has 0 aromatic heterocycles. The summed E-state index contributed by atoms with van der Waals surface area (Å²) in [5.41, 5.74) is 3.98. The SMILES string of the molecule is CCCCCCCCCCOC(=O)CCP(=O)(C(=O)c1c(C)cc(C)c(C)c1C)c1ccccc1. The Morgan fingerprint density at radius 2 is 1.40 bits per heavy atom. The number of aryl methyl sites for hydroxylation is 2. The van der Waals surface area contributed by atoms with E-state index in [2.05, 4.69) is 6.92 Å². The van der Waals surface area contributed by atoms with E-state index in [0.29, 0.717) is 17.5 Å². The molecule has 0 saturated carbocycles. The van der Waals surface area contributed by atoms with E-state index in [1.807, 2.05) is 39.8 Å². The molecule has 0 bridgehead atoms. The van der Waals surface area contributed by atoms with E-state index < -0.39 is 7.14 Å². The maximum Gasteiger partial charge on any atom is 0.306 e. The van der Waals surface area contributed by atoms with Crippen LogP contribution in [0.1, 0.15) is 97.3 Å². The van der Waals surface area contributed by atoms with Crippen molar-refractivity contribution in [1.29, 1.82) is 0 Å². The lowest BCUT2D eigenvalue weighted by Crippen LogP contribution is -2.20. The largest absolute Gasteiger partial charge is 0.466 e. The average molecular weight is 499 g/mol. The summed E-state index contributed by atoms with van der Waals surface area (Å²) in [6.07, 6.45) is 9.36. The minimum atomic E-state index is -3.53. The van der Waals surface area contributed by atoms with Gasteiger partial charge in [-0.2, -0.15) is 0 Å². The molecule has 192 valence electrons. The summed E-state index contributed by atoms with van der Waals surface area (Å²) in [6, 6.07) is 10.9. The molecule has 0 spiro atoms. The van der Waals surface area contributed by atoms with Crippen LogP contribution in [0.25, 0.3) is 0 Å². The third kappa shape index (κ3) is 8.17. The topological polar surface area (TPSA) is 60.4 Å². The van der Waals surface area contributed by atoms with E-state index in [1.165, 1.54) is 32.1 Å². The Morgan fingerprint density at radius 3 is 2.03 bits per heavy atom. The monoisotopic (exact) mass is 498 g/mol. The van der Waals surface area contributed by atoms with Gasteiger partial charge in [-0.25, -0.2) is 0 Å². The fourth-order valence-corrected chi connectivity index (χ4v) is 7.11. The number of benzene rings is 2. The summed E-state index contributed by atoms with van der Waals surface area (Å²) < 4.78 is 19.7. The molecule has 4 nitrogen and oxygen atoms in total. The second-order valence-corrected chi connectivity index (χ2v) is 12.5.